The zero-order chi connectivity index (χ0) is 8.85. The van der Waals surface area contributed by atoms with Crippen LogP contribution in [0.2, 0.25) is 0 Å². The average Bonchev–Trinajstić information content (AvgIpc) is 1.88. The molecule has 0 saturated heterocycles. The molecule has 11 heavy (non-hydrogen) atoms. The first-order chi connectivity index (χ1) is 5.13. The average molecular weight is 159 g/mol. The van der Waals surface area contributed by atoms with E-state index in [1.54, 1.807) is 7.05 Å². The van der Waals surface area contributed by atoms with Gasteiger partial charge in [-0.15, -0.1) is 0 Å². The van der Waals surface area contributed by atoms with E-state index in [2.05, 4.69) is 5.32 Å². The first kappa shape index (κ1) is 10.4. The molecule has 1 atom stereocenters. The van der Waals surface area contributed by atoms with Crippen LogP contribution in [-0.2, 0) is 9.53 Å². The van der Waals surface area contributed by atoms with Gasteiger partial charge in [0.1, 0.15) is 6.04 Å². The van der Waals surface area contributed by atoms with Gasteiger partial charge in [0.25, 0.3) is 0 Å². The van der Waals surface area contributed by atoms with Crippen molar-refractivity contribution in [3.8, 4) is 0 Å². The Morgan fingerprint density at radius 2 is 2.09 bits per heavy atom. The minimum absolute atomic E-state index is 0.162. The fourth-order valence-corrected chi connectivity index (χ4v) is 0.955. The highest BCUT2D eigenvalue weighted by molar-refractivity contribution is 5.75. The number of rotatable bonds is 4. The normalized spacial score (nSPS) is 13.2. The Balaban J connectivity index is 3.92. The van der Waals surface area contributed by atoms with Gasteiger partial charge in [0.15, 0.2) is 0 Å². The van der Waals surface area contributed by atoms with Gasteiger partial charge in [0, 0.05) is 0 Å². The number of carbonyl (C=O) groups is 1. The van der Waals surface area contributed by atoms with Crippen molar-refractivity contribution in [1.29, 1.82) is 0 Å². The van der Waals surface area contributed by atoms with Crippen LogP contribution in [-0.4, -0.2) is 25.7 Å². The highest BCUT2D eigenvalue weighted by Crippen LogP contribution is 2.02. The third kappa shape index (κ3) is 3.37. The molecule has 0 aliphatic carbocycles. The number of hydrogen-bond acceptors (Lipinski definition) is 3. The minimum atomic E-state index is -0.171. The molecule has 0 aromatic heterocycles. The van der Waals surface area contributed by atoms with E-state index in [9.17, 15) is 4.79 Å². The van der Waals surface area contributed by atoms with Gasteiger partial charge >= 0.3 is 5.97 Å². The molecule has 0 aliphatic heterocycles. The summed E-state index contributed by atoms with van der Waals surface area (Å²) >= 11 is 0. The summed E-state index contributed by atoms with van der Waals surface area (Å²) in [7, 11) is 1.77. The zero-order valence-corrected chi connectivity index (χ0v) is 7.68. The summed E-state index contributed by atoms with van der Waals surface area (Å²) in [6.07, 6.45) is 0. The Labute approximate surface area is 68.1 Å². The van der Waals surface area contributed by atoms with Gasteiger partial charge in [0.05, 0.1) is 6.61 Å². The van der Waals surface area contributed by atoms with E-state index in [1.165, 1.54) is 0 Å². The van der Waals surface area contributed by atoms with Crippen LogP contribution >= 0.6 is 0 Å². The van der Waals surface area contributed by atoms with Crippen LogP contribution in [0, 0.1) is 5.92 Å². The lowest BCUT2D eigenvalue weighted by molar-refractivity contribution is -0.146. The Morgan fingerprint density at radius 1 is 1.55 bits per heavy atom. The molecule has 0 fully saturated rings. The van der Waals surface area contributed by atoms with Gasteiger partial charge in [-0.05, 0) is 19.9 Å². The summed E-state index contributed by atoms with van der Waals surface area (Å²) in [6, 6.07) is -0.171. The minimum Gasteiger partial charge on any atom is -0.465 e. The van der Waals surface area contributed by atoms with Crippen molar-refractivity contribution in [2.75, 3.05) is 13.7 Å². The van der Waals surface area contributed by atoms with Crippen molar-refractivity contribution in [2.45, 2.75) is 26.8 Å². The lowest BCUT2D eigenvalue weighted by atomic mass is 10.1. The molecule has 0 rings (SSSR count). The topological polar surface area (TPSA) is 38.3 Å². The third-order valence-electron chi connectivity index (χ3n) is 1.52. The van der Waals surface area contributed by atoms with Gasteiger partial charge in [0.2, 0.25) is 0 Å². The van der Waals surface area contributed by atoms with Crippen molar-refractivity contribution >= 4 is 5.97 Å². The number of esters is 1. The van der Waals surface area contributed by atoms with Crippen LogP contribution in [0.5, 0.6) is 0 Å². The van der Waals surface area contributed by atoms with E-state index in [1.807, 2.05) is 20.8 Å². The summed E-state index contributed by atoms with van der Waals surface area (Å²) in [5.41, 5.74) is 0. The molecule has 0 saturated carbocycles. The second kappa shape index (κ2) is 5.13. The third-order valence-corrected chi connectivity index (χ3v) is 1.52. The largest absolute Gasteiger partial charge is 0.465 e. The maximum atomic E-state index is 11.1. The molecule has 1 N–H and O–H groups in total. The van der Waals surface area contributed by atoms with Gasteiger partial charge < -0.3 is 10.1 Å². The Morgan fingerprint density at radius 3 is 2.36 bits per heavy atom. The van der Waals surface area contributed by atoms with Crippen molar-refractivity contribution in [3.63, 3.8) is 0 Å². The quantitative estimate of drug-likeness (QED) is 0.616. The zero-order valence-electron chi connectivity index (χ0n) is 7.68. The van der Waals surface area contributed by atoms with E-state index < -0.39 is 0 Å². The van der Waals surface area contributed by atoms with Crippen molar-refractivity contribution in [1.82, 2.24) is 5.32 Å². The van der Waals surface area contributed by atoms with Gasteiger partial charge in [-0.3, -0.25) is 4.79 Å². The van der Waals surface area contributed by atoms with E-state index in [0.717, 1.165) is 0 Å². The molecule has 0 aliphatic rings. The second-order valence-electron chi connectivity index (χ2n) is 2.76. The predicted octanol–water partition coefficient (Wildman–Crippen LogP) is 0.793. The molecule has 3 heteroatoms. The number of nitrogens with one attached hydrogen (secondary N) is 1. The summed E-state index contributed by atoms with van der Waals surface area (Å²) in [4.78, 5) is 11.1. The predicted molar refractivity (Wildman–Crippen MR) is 44.3 cm³/mol. The van der Waals surface area contributed by atoms with Crippen LogP contribution in [0.15, 0.2) is 0 Å². The Hall–Kier alpha value is -0.570. The van der Waals surface area contributed by atoms with Crippen LogP contribution in [0.1, 0.15) is 20.8 Å². The number of ether oxygens (including phenoxy) is 1. The monoisotopic (exact) mass is 159 g/mol. The SMILES string of the molecule is CCOC(=O)[C@H](NC)C(C)C. The summed E-state index contributed by atoms with van der Waals surface area (Å²) < 4.78 is 4.85. The van der Waals surface area contributed by atoms with Crippen molar-refractivity contribution in [2.24, 2.45) is 5.92 Å². The van der Waals surface area contributed by atoms with Gasteiger partial charge in [-0.2, -0.15) is 0 Å². The molecule has 0 aromatic carbocycles. The Bertz CT molecular complexity index is 123. The first-order valence-corrected chi connectivity index (χ1v) is 3.97. The standard InChI is InChI=1S/C8H17NO2/c1-5-11-8(10)7(9-4)6(2)3/h6-7,9H,5H2,1-4H3/t7-/m1/s1. The maximum Gasteiger partial charge on any atom is 0.323 e. The molecule has 0 aromatic rings. The maximum absolute atomic E-state index is 11.1. The second-order valence-corrected chi connectivity index (χ2v) is 2.76. The first-order valence-electron chi connectivity index (χ1n) is 3.97. The molecule has 0 radical (unpaired) electrons. The fourth-order valence-electron chi connectivity index (χ4n) is 0.955. The molecule has 0 unspecified atom stereocenters. The van der Waals surface area contributed by atoms with E-state index in [0.29, 0.717) is 6.61 Å². The van der Waals surface area contributed by atoms with E-state index in [-0.39, 0.29) is 17.9 Å². The summed E-state index contributed by atoms with van der Waals surface area (Å²) in [5.74, 6) is 0.115. The smallest absolute Gasteiger partial charge is 0.323 e. The van der Waals surface area contributed by atoms with Gasteiger partial charge in [-0.25, -0.2) is 0 Å². The molecule has 0 heterocycles. The molecule has 66 valence electrons. The van der Waals surface area contributed by atoms with Crippen molar-refractivity contribution < 1.29 is 9.53 Å². The van der Waals surface area contributed by atoms with Crippen molar-refractivity contribution in [3.05, 3.63) is 0 Å². The summed E-state index contributed by atoms with van der Waals surface area (Å²) in [5, 5.41) is 2.91. The molecule has 0 spiro atoms. The molecular formula is C8H17NO2. The van der Waals surface area contributed by atoms with Crippen LogP contribution in [0.3, 0.4) is 0 Å². The molecular weight excluding hydrogens is 142 g/mol. The lowest BCUT2D eigenvalue weighted by Gasteiger charge is -2.17. The lowest BCUT2D eigenvalue weighted by Crippen LogP contribution is -2.39. The van der Waals surface area contributed by atoms with E-state index >= 15 is 0 Å². The molecule has 0 bridgehead atoms. The Kier molecular flexibility index (Phi) is 4.86. The van der Waals surface area contributed by atoms with E-state index in [4.69, 9.17) is 4.74 Å². The number of likely N-dealkylation sites (N-methyl/N-ethyl adjacent to an activating group) is 1. The molecule has 0 amide bonds. The van der Waals surface area contributed by atoms with Crippen LogP contribution in [0.4, 0.5) is 0 Å². The number of hydrogen-bond donors (Lipinski definition) is 1. The molecule has 3 nitrogen and oxygen atoms in total. The highest BCUT2D eigenvalue weighted by Gasteiger charge is 2.20. The van der Waals surface area contributed by atoms with Gasteiger partial charge in [-0.1, -0.05) is 13.8 Å². The summed E-state index contributed by atoms with van der Waals surface area (Å²) in [6.45, 7) is 6.23. The van der Waals surface area contributed by atoms with Crippen LogP contribution < -0.4 is 5.32 Å². The number of carbonyl (C=O) groups excluding carboxylic acids is 1. The van der Waals surface area contributed by atoms with Crippen LogP contribution in [0.25, 0.3) is 0 Å². The fraction of sp³-hybridized carbons (Fsp3) is 0.875. The highest BCUT2D eigenvalue weighted by atomic mass is 16.5.